The van der Waals surface area contributed by atoms with Crippen molar-refractivity contribution in [1.29, 1.82) is 0 Å². The lowest BCUT2D eigenvalue weighted by molar-refractivity contribution is -0.145. The number of ether oxygens (including phenoxy) is 4. The fourth-order valence-electron chi connectivity index (χ4n) is 3.77. The van der Waals surface area contributed by atoms with Crippen LogP contribution in [0.25, 0.3) is 11.1 Å². The third-order valence-electron chi connectivity index (χ3n) is 5.66. The molecular formula is C28H29NO6. The van der Waals surface area contributed by atoms with E-state index in [0.29, 0.717) is 24.5 Å². The molecule has 0 aromatic heterocycles. The average molecular weight is 476 g/mol. The van der Waals surface area contributed by atoms with Crippen LogP contribution in [-0.2, 0) is 16.1 Å². The highest BCUT2D eigenvalue weighted by molar-refractivity contribution is 5.95. The third kappa shape index (κ3) is 5.93. The van der Waals surface area contributed by atoms with Crippen LogP contribution in [0.1, 0.15) is 36.7 Å². The Bertz CT molecular complexity index is 1170. The Morgan fingerprint density at radius 1 is 0.914 bits per heavy atom. The second-order valence-corrected chi connectivity index (χ2v) is 8.41. The smallest absolute Gasteiger partial charge is 0.344 e. The lowest BCUT2D eigenvalue weighted by Crippen LogP contribution is -2.36. The summed E-state index contributed by atoms with van der Waals surface area (Å²) in [5.41, 5.74) is 3.58. The SMILES string of the molecule is CCOC(=O)COc1ccc(CN(C(=O)c2ccc(-c3ccc4c(c3)OCO4)cc2)C(C)C)cc1. The number of hydrogen-bond donors (Lipinski definition) is 0. The molecule has 1 heterocycles. The maximum atomic E-state index is 13.3. The Balaban J connectivity index is 1.41. The molecule has 0 saturated carbocycles. The summed E-state index contributed by atoms with van der Waals surface area (Å²) in [5.74, 6) is 1.60. The van der Waals surface area contributed by atoms with Gasteiger partial charge in [0.15, 0.2) is 18.1 Å². The lowest BCUT2D eigenvalue weighted by atomic mass is 10.0. The average Bonchev–Trinajstić information content (AvgIpc) is 3.34. The maximum absolute atomic E-state index is 13.3. The molecule has 7 nitrogen and oxygen atoms in total. The summed E-state index contributed by atoms with van der Waals surface area (Å²) in [5, 5.41) is 0. The van der Waals surface area contributed by atoms with Gasteiger partial charge in [-0.2, -0.15) is 0 Å². The van der Waals surface area contributed by atoms with Gasteiger partial charge in [0.2, 0.25) is 6.79 Å². The Morgan fingerprint density at radius 3 is 2.29 bits per heavy atom. The predicted octanol–water partition coefficient (Wildman–Crippen LogP) is 5.08. The summed E-state index contributed by atoms with van der Waals surface area (Å²) in [6.45, 7) is 6.63. The number of fused-ring (bicyclic) bond motifs is 1. The number of nitrogens with zero attached hydrogens (tertiary/aromatic N) is 1. The van der Waals surface area contributed by atoms with E-state index in [2.05, 4.69) is 0 Å². The van der Waals surface area contributed by atoms with Crippen molar-refractivity contribution < 1.29 is 28.5 Å². The molecule has 3 aromatic carbocycles. The van der Waals surface area contributed by atoms with Gasteiger partial charge in [-0.05, 0) is 73.9 Å². The van der Waals surface area contributed by atoms with Crippen LogP contribution in [0.2, 0.25) is 0 Å². The molecule has 4 rings (SSSR count). The molecule has 7 heteroatoms. The minimum Gasteiger partial charge on any atom is -0.482 e. The number of rotatable bonds is 9. The van der Waals surface area contributed by atoms with Gasteiger partial charge in [0.25, 0.3) is 5.91 Å². The molecule has 182 valence electrons. The summed E-state index contributed by atoms with van der Waals surface area (Å²) in [6.07, 6.45) is 0. The van der Waals surface area contributed by atoms with Crippen molar-refractivity contribution >= 4 is 11.9 Å². The normalized spacial score (nSPS) is 11.9. The molecule has 0 saturated heterocycles. The quantitative estimate of drug-likeness (QED) is 0.402. The fourth-order valence-corrected chi connectivity index (χ4v) is 3.77. The lowest BCUT2D eigenvalue weighted by Gasteiger charge is -2.27. The first-order valence-corrected chi connectivity index (χ1v) is 11.6. The van der Waals surface area contributed by atoms with E-state index in [9.17, 15) is 9.59 Å². The Hall–Kier alpha value is -4.00. The van der Waals surface area contributed by atoms with Crippen LogP contribution in [0.5, 0.6) is 17.2 Å². The van der Waals surface area contributed by atoms with E-state index in [0.717, 1.165) is 28.2 Å². The van der Waals surface area contributed by atoms with Gasteiger partial charge in [-0.3, -0.25) is 4.79 Å². The van der Waals surface area contributed by atoms with Gasteiger partial charge in [-0.25, -0.2) is 4.79 Å². The number of amides is 1. The number of esters is 1. The van der Waals surface area contributed by atoms with Crippen molar-refractivity contribution in [2.75, 3.05) is 20.0 Å². The summed E-state index contributed by atoms with van der Waals surface area (Å²) < 4.78 is 21.2. The van der Waals surface area contributed by atoms with Gasteiger partial charge in [0, 0.05) is 18.2 Å². The van der Waals surface area contributed by atoms with Crippen LogP contribution in [0.15, 0.2) is 66.7 Å². The Morgan fingerprint density at radius 2 is 1.60 bits per heavy atom. The molecule has 1 aliphatic heterocycles. The number of carbonyl (C=O) groups excluding carboxylic acids is 2. The van der Waals surface area contributed by atoms with Crippen LogP contribution >= 0.6 is 0 Å². The summed E-state index contributed by atoms with van der Waals surface area (Å²) in [7, 11) is 0. The molecule has 0 N–H and O–H groups in total. The van der Waals surface area contributed by atoms with Gasteiger partial charge in [0.1, 0.15) is 5.75 Å². The first kappa shape index (κ1) is 24.1. The molecule has 3 aromatic rings. The molecule has 0 radical (unpaired) electrons. The first-order valence-electron chi connectivity index (χ1n) is 11.6. The molecule has 1 aliphatic rings. The van der Waals surface area contributed by atoms with Crippen molar-refractivity contribution in [3.8, 4) is 28.4 Å². The van der Waals surface area contributed by atoms with Gasteiger partial charge in [-0.1, -0.05) is 30.3 Å². The third-order valence-corrected chi connectivity index (χ3v) is 5.66. The van der Waals surface area contributed by atoms with E-state index in [4.69, 9.17) is 18.9 Å². The van der Waals surface area contributed by atoms with E-state index in [-0.39, 0.29) is 25.3 Å². The van der Waals surface area contributed by atoms with E-state index in [1.807, 2.05) is 73.3 Å². The van der Waals surface area contributed by atoms with Gasteiger partial charge >= 0.3 is 5.97 Å². The zero-order valence-corrected chi connectivity index (χ0v) is 20.2. The molecule has 0 fully saturated rings. The van der Waals surface area contributed by atoms with Gasteiger partial charge in [0.05, 0.1) is 6.61 Å². The van der Waals surface area contributed by atoms with Crippen LogP contribution < -0.4 is 14.2 Å². The molecular weight excluding hydrogens is 446 g/mol. The molecule has 35 heavy (non-hydrogen) atoms. The topological polar surface area (TPSA) is 74.3 Å². The highest BCUT2D eigenvalue weighted by Crippen LogP contribution is 2.36. The van der Waals surface area contributed by atoms with Crippen LogP contribution in [0, 0.1) is 0 Å². The minimum atomic E-state index is -0.405. The van der Waals surface area contributed by atoms with Gasteiger partial charge < -0.3 is 23.8 Å². The van der Waals surface area contributed by atoms with Crippen molar-refractivity contribution in [3.05, 3.63) is 77.9 Å². The number of hydrogen-bond acceptors (Lipinski definition) is 6. The van der Waals surface area contributed by atoms with Crippen molar-refractivity contribution in [1.82, 2.24) is 4.90 Å². The highest BCUT2D eigenvalue weighted by atomic mass is 16.7. The van der Waals surface area contributed by atoms with Crippen LogP contribution in [0.3, 0.4) is 0 Å². The van der Waals surface area contributed by atoms with Gasteiger partial charge in [-0.15, -0.1) is 0 Å². The van der Waals surface area contributed by atoms with Crippen molar-refractivity contribution in [2.24, 2.45) is 0 Å². The standard InChI is InChI=1S/C28H29NO6/c1-4-32-27(30)17-33-24-12-5-20(6-13-24)16-29(19(2)3)28(31)22-9-7-21(8-10-22)23-11-14-25-26(15-23)35-18-34-25/h5-15,19H,4,16-18H2,1-3H3. The predicted molar refractivity (Wildman–Crippen MR) is 132 cm³/mol. The largest absolute Gasteiger partial charge is 0.482 e. The number of benzene rings is 3. The molecule has 0 spiro atoms. The Labute approximate surface area is 205 Å². The van der Waals surface area contributed by atoms with E-state index in [1.54, 1.807) is 19.1 Å². The Kier molecular flexibility index (Phi) is 7.55. The molecule has 0 unspecified atom stereocenters. The first-order chi connectivity index (χ1) is 16.9. The zero-order valence-electron chi connectivity index (χ0n) is 20.2. The monoisotopic (exact) mass is 475 g/mol. The summed E-state index contributed by atoms with van der Waals surface area (Å²) >= 11 is 0. The van der Waals surface area contributed by atoms with Crippen LogP contribution in [-0.4, -0.2) is 42.8 Å². The molecule has 0 aliphatic carbocycles. The van der Waals surface area contributed by atoms with Crippen LogP contribution in [0.4, 0.5) is 0 Å². The number of carbonyl (C=O) groups is 2. The highest BCUT2D eigenvalue weighted by Gasteiger charge is 2.20. The van der Waals surface area contributed by atoms with E-state index in [1.165, 1.54) is 0 Å². The fraction of sp³-hybridized carbons (Fsp3) is 0.286. The minimum absolute atomic E-state index is 0.00998. The van der Waals surface area contributed by atoms with E-state index < -0.39 is 5.97 Å². The van der Waals surface area contributed by atoms with E-state index >= 15 is 0 Å². The second kappa shape index (κ2) is 11.0. The van der Waals surface area contributed by atoms with Crippen molar-refractivity contribution in [2.45, 2.75) is 33.4 Å². The zero-order chi connectivity index (χ0) is 24.8. The molecule has 0 bridgehead atoms. The maximum Gasteiger partial charge on any atom is 0.344 e. The summed E-state index contributed by atoms with van der Waals surface area (Å²) in [4.78, 5) is 26.6. The molecule has 0 atom stereocenters. The molecule has 1 amide bonds. The second-order valence-electron chi connectivity index (χ2n) is 8.41. The summed E-state index contributed by atoms with van der Waals surface area (Å²) in [6, 6.07) is 20.8. The van der Waals surface area contributed by atoms with Crippen molar-refractivity contribution in [3.63, 3.8) is 0 Å².